The van der Waals surface area contributed by atoms with Gasteiger partial charge in [-0.25, -0.2) is 0 Å². The van der Waals surface area contributed by atoms with Crippen LogP contribution in [-0.4, -0.2) is 29.0 Å². The lowest BCUT2D eigenvalue weighted by molar-refractivity contribution is 0.378. The second-order valence-corrected chi connectivity index (χ2v) is 3.04. The number of methoxy groups -OCH3 is 2. The van der Waals surface area contributed by atoms with Crippen LogP contribution in [-0.2, 0) is 0 Å². The van der Waals surface area contributed by atoms with Crippen LogP contribution in [0.3, 0.4) is 0 Å². The molecule has 2 aromatic rings. The van der Waals surface area contributed by atoms with Crippen LogP contribution in [0.25, 0.3) is 5.69 Å². The van der Waals surface area contributed by atoms with Crippen molar-refractivity contribution in [2.75, 3.05) is 20.0 Å². The largest absolute Gasteiger partial charge is 0.494 e. The molecule has 2 N–H and O–H groups in total. The molecule has 16 heavy (non-hydrogen) atoms. The fourth-order valence-electron chi connectivity index (χ4n) is 1.37. The number of hydrogen-bond acceptors (Lipinski definition) is 5. The van der Waals surface area contributed by atoms with Crippen molar-refractivity contribution in [3.63, 3.8) is 0 Å². The summed E-state index contributed by atoms with van der Waals surface area (Å²) in [6, 6.07) is 7.62. The minimum Gasteiger partial charge on any atom is -0.494 e. The monoisotopic (exact) mass is 220 g/mol. The fourth-order valence-corrected chi connectivity index (χ4v) is 1.37. The van der Waals surface area contributed by atoms with Crippen molar-refractivity contribution < 1.29 is 9.47 Å². The average molecular weight is 220 g/mol. The van der Waals surface area contributed by atoms with Crippen LogP contribution in [0.2, 0.25) is 0 Å². The molecule has 1 aromatic carbocycles. The van der Waals surface area contributed by atoms with Crippen molar-refractivity contribution in [2.45, 2.75) is 0 Å². The zero-order chi connectivity index (χ0) is 11.5. The van der Waals surface area contributed by atoms with E-state index >= 15 is 0 Å². The number of nitrogen functional groups attached to an aromatic ring is 1. The van der Waals surface area contributed by atoms with Gasteiger partial charge in [0.1, 0.15) is 11.4 Å². The van der Waals surface area contributed by atoms with Gasteiger partial charge in [0, 0.05) is 0 Å². The zero-order valence-corrected chi connectivity index (χ0v) is 9.04. The molecule has 0 saturated heterocycles. The lowest BCUT2D eigenvalue weighted by atomic mass is 10.3. The number of hydrogen-bond donors (Lipinski definition) is 1. The molecule has 0 aliphatic heterocycles. The van der Waals surface area contributed by atoms with E-state index in [1.807, 2.05) is 24.3 Å². The summed E-state index contributed by atoms with van der Waals surface area (Å²) < 4.78 is 11.6. The standard InChI is InChI=1S/C10H12N4O2/c1-15-8-6-4-3-5-7(8)14-9(11)12-10(13-14)16-2/h3-6H,1-2H3,(H2,11,12,13). The van der Waals surface area contributed by atoms with Gasteiger partial charge >= 0.3 is 6.01 Å². The van der Waals surface area contributed by atoms with E-state index in [1.165, 1.54) is 11.8 Å². The summed E-state index contributed by atoms with van der Waals surface area (Å²) in [5.74, 6) is 0.920. The molecule has 2 rings (SSSR count). The number of benzene rings is 1. The number of nitrogens with two attached hydrogens (primary N) is 1. The van der Waals surface area contributed by atoms with E-state index in [9.17, 15) is 0 Å². The zero-order valence-electron chi connectivity index (χ0n) is 9.04. The Hall–Kier alpha value is -2.24. The van der Waals surface area contributed by atoms with Gasteiger partial charge in [-0.2, -0.15) is 9.67 Å². The van der Waals surface area contributed by atoms with Crippen LogP contribution in [0.15, 0.2) is 24.3 Å². The summed E-state index contributed by atoms with van der Waals surface area (Å²) in [6.07, 6.45) is 0. The Labute approximate surface area is 92.6 Å². The molecule has 1 aromatic heterocycles. The first kappa shape index (κ1) is 10.3. The van der Waals surface area contributed by atoms with Crippen molar-refractivity contribution in [3.05, 3.63) is 24.3 Å². The highest BCUT2D eigenvalue weighted by molar-refractivity contribution is 5.49. The number of aromatic nitrogens is 3. The predicted octanol–water partition coefficient (Wildman–Crippen LogP) is 0.867. The van der Waals surface area contributed by atoms with Gasteiger partial charge in [-0.1, -0.05) is 12.1 Å². The van der Waals surface area contributed by atoms with E-state index in [4.69, 9.17) is 15.2 Å². The third-order valence-electron chi connectivity index (χ3n) is 2.11. The van der Waals surface area contributed by atoms with Crippen LogP contribution in [0.1, 0.15) is 0 Å². The molecule has 0 saturated carbocycles. The Morgan fingerprint density at radius 1 is 1.19 bits per heavy atom. The maximum absolute atomic E-state index is 5.73. The van der Waals surface area contributed by atoms with Crippen molar-refractivity contribution in [3.8, 4) is 17.4 Å². The fraction of sp³-hybridized carbons (Fsp3) is 0.200. The lowest BCUT2D eigenvalue weighted by Crippen LogP contribution is -2.04. The first-order valence-corrected chi connectivity index (χ1v) is 4.66. The molecule has 0 aliphatic rings. The van der Waals surface area contributed by atoms with Crippen LogP contribution >= 0.6 is 0 Å². The molecule has 0 spiro atoms. The molecule has 0 radical (unpaired) electrons. The quantitative estimate of drug-likeness (QED) is 0.830. The number of nitrogens with zero attached hydrogens (tertiary/aromatic N) is 3. The highest BCUT2D eigenvalue weighted by Crippen LogP contribution is 2.24. The smallest absolute Gasteiger partial charge is 0.337 e. The number of para-hydroxylation sites is 2. The Balaban J connectivity index is 2.53. The van der Waals surface area contributed by atoms with Gasteiger partial charge in [0.05, 0.1) is 14.2 Å². The first-order valence-electron chi connectivity index (χ1n) is 4.66. The molecule has 0 fully saturated rings. The first-order chi connectivity index (χ1) is 7.76. The van der Waals surface area contributed by atoms with Crippen molar-refractivity contribution >= 4 is 5.95 Å². The van der Waals surface area contributed by atoms with Crippen LogP contribution in [0.5, 0.6) is 11.8 Å². The minimum absolute atomic E-state index is 0.225. The number of ether oxygens (including phenoxy) is 2. The lowest BCUT2D eigenvalue weighted by Gasteiger charge is -2.07. The Bertz CT molecular complexity index is 495. The van der Waals surface area contributed by atoms with Gasteiger partial charge in [-0.15, -0.1) is 5.10 Å². The molecular weight excluding hydrogens is 208 g/mol. The van der Waals surface area contributed by atoms with Gasteiger partial charge < -0.3 is 15.2 Å². The maximum Gasteiger partial charge on any atom is 0.337 e. The average Bonchev–Trinajstić information content (AvgIpc) is 2.70. The number of rotatable bonds is 3. The SMILES string of the molecule is COc1nc(N)n(-c2ccccc2OC)n1. The summed E-state index contributed by atoms with van der Waals surface area (Å²) >= 11 is 0. The highest BCUT2D eigenvalue weighted by Gasteiger charge is 2.12. The Morgan fingerprint density at radius 2 is 1.94 bits per heavy atom. The molecule has 6 nitrogen and oxygen atoms in total. The van der Waals surface area contributed by atoms with Gasteiger partial charge in [0.25, 0.3) is 0 Å². The van der Waals surface area contributed by atoms with E-state index < -0.39 is 0 Å². The molecule has 0 unspecified atom stereocenters. The third kappa shape index (κ3) is 1.65. The van der Waals surface area contributed by atoms with Crippen LogP contribution in [0, 0.1) is 0 Å². The predicted molar refractivity (Wildman–Crippen MR) is 58.9 cm³/mol. The third-order valence-corrected chi connectivity index (χ3v) is 2.11. The van der Waals surface area contributed by atoms with Crippen molar-refractivity contribution in [1.82, 2.24) is 14.8 Å². The summed E-state index contributed by atoms with van der Waals surface area (Å²) in [7, 11) is 3.07. The molecule has 0 bridgehead atoms. The van der Waals surface area contributed by atoms with E-state index in [0.29, 0.717) is 5.75 Å². The normalized spacial score (nSPS) is 10.1. The van der Waals surface area contributed by atoms with E-state index in [2.05, 4.69) is 10.1 Å². The molecular formula is C10H12N4O2. The van der Waals surface area contributed by atoms with E-state index in [0.717, 1.165) is 5.69 Å². The highest BCUT2D eigenvalue weighted by atomic mass is 16.5. The van der Waals surface area contributed by atoms with E-state index in [-0.39, 0.29) is 12.0 Å². The second kappa shape index (κ2) is 4.09. The second-order valence-electron chi connectivity index (χ2n) is 3.04. The molecule has 0 atom stereocenters. The van der Waals surface area contributed by atoms with E-state index in [1.54, 1.807) is 7.11 Å². The van der Waals surface area contributed by atoms with Gasteiger partial charge in [-0.05, 0) is 12.1 Å². The minimum atomic E-state index is 0.225. The Morgan fingerprint density at radius 3 is 2.56 bits per heavy atom. The summed E-state index contributed by atoms with van der Waals surface area (Å²) in [5.41, 5.74) is 6.45. The maximum atomic E-state index is 5.73. The summed E-state index contributed by atoms with van der Waals surface area (Å²) in [6.45, 7) is 0. The van der Waals surface area contributed by atoms with Crippen LogP contribution < -0.4 is 15.2 Å². The molecule has 1 heterocycles. The summed E-state index contributed by atoms with van der Waals surface area (Å²) in [5, 5.41) is 4.09. The van der Waals surface area contributed by atoms with Crippen molar-refractivity contribution in [1.29, 1.82) is 0 Å². The molecule has 6 heteroatoms. The van der Waals surface area contributed by atoms with Crippen molar-refractivity contribution in [2.24, 2.45) is 0 Å². The molecule has 84 valence electrons. The van der Waals surface area contributed by atoms with Crippen LogP contribution in [0.4, 0.5) is 5.95 Å². The van der Waals surface area contributed by atoms with Gasteiger partial charge in [-0.3, -0.25) is 0 Å². The number of anilines is 1. The summed E-state index contributed by atoms with van der Waals surface area (Å²) in [4.78, 5) is 3.93. The van der Waals surface area contributed by atoms with Gasteiger partial charge in [0.2, 0.25) is 5.95 Å². The van der Waals surface area contributed by atoms with Gasteiger partial charge in [0.15, 0.2) is 0 Å². The molecule has 0 aliphatic carbocycles. The Kier molecular flexibility index (Phi) is 2.63. The topological polar surface area (TPSA) is 75.2 Å². The molecule has 0 amide bonds.